The largest absolute Gasteiger partial charge is 0.395 e. The fraction of sp³-hybridized carbons (Fsp3) is 0.524. The van der Waals surface area contributed by atoms with Gasteiger partial charge in [-0.25, -0.2) is 13.8 Å². The van der Waals surface area contributed by atoms with Crippen molar-refractivity contribution in [3.8, 4) is 5.95 Å². The molecular formula is C21H28F2N8O3. The highest BCUT2D eigenvalue weighted by Crippen LogP contribution is 2.27. The van der Waals surface area contributed by atoms with Gasteiger partial charge in [-0.2, -0.15) is 15.0 Å². The number of aromatic nitrogens is 5. The van der Waals surface area contributed by atoms with Crippen LogP contribution >= 0.6 is 0 Å². The molecule has 0 unspecified atom stereocenters. The first-order valence-electron chi connectivity index (χ1n) is 11.1. The lowest BCUT2D eigenvalue weighted by molar-refractivity contribution is 0.122. The monoisotopic (exact) mass is 478 g/mol. The fourth-order valence-electron chi connectivity index (χ4n) is 3.78. The molecule has 11 nitrogen and oxygen atoms in total. The molecule has 13 heteroatoms. The predicted molar refractivity (Wildman–Crippen MR) is 122 cm³/mol. The second kappa shape index (κ2) is 11.4. The topological polar surface area (TPSA) is 125 Å². The molecule has 184 valence electrons. The zero-order valence-corrected chi connectivity index (χ0v) is 18.6. The Morgan fingerprint density at radius 3 is 2.38 bits per heavy atom. The van der Waals surface area contributed by atoms with Gasteiger partial charge in [0.1, 0.15) is 0 Å². The molecule has 1 saturated heterocycles. The van der Waals surface area contributed by atoms with Crippen molar-refractivity contribution in [3.05, 3.63) is 30.1 Å². The van der Waals surface area contributed by atoms with Gasteiger partial charge in [0, 0.05) is 39.3 Å². The maximum absolute atomic E-state index is 13.9. The number of anilines is 2. The number of rotatable bonds is 11. The van der Waals surface area contributed by atoms with Gasteiger partial charge in [-0.05, 0) is 12.1 Å². The smallest absolute Gasteiger partial charge is 0.296 e. The third-order valence-electron chi connectivity index (χ3n) is 5.43. The van der Waals surface area contributed by atoms with E-state index in [1.165, 1.54) is 4.57 Å². The number of benzene rings is 1. The Morgan fingerprint density at radius 1 is 0.971 bits per heavy atom. The molecule has 2 aromatic heterocycles. The lowest BCUT2D eigenvalue weighted by Crippen LogP contribution is -2.38. The summed E-state index contributed by atoms with van der Waals surface area (Å²) >= 11 is 0. The average molecular weight is 479 g/mol. The van der Waals surface area contributed by atoms with E-state index in [0.29, 0.717) is 69.5 Å². The molecule has 1 aliphatic rings. The number of halogens is 2. The van der Waals surface area contributed by atoms with Gasteiger partial charge in [0.2, 0.25) is 17.8 Å². The minimum absolute atomic E-state index is 0.0266. The van der Waals surface area contributed by atoms with Crippen LogP contribution < -0.4 is 10.2 Å². The van der Waals surface area contributed by atoms with Crippen LogP contribution in [0.25, 0.3) is 17.0 Å². The zero-order chi connectivity index (χ0) is 23.9. The van der Waals surface area contributed by atoms with E-state index in [1.54, 1.807) is 24.3 Å². The summed E-state index contributed by atoms with van der Waals surface area (Å²) in [7, 11) is 0. The van der Waals surface area contributed by atoms with E-state index in [4.69, 9.17) is 4.74 Å². The molecule has 0 aliphatic carbocycles. The number of alkyl halides is 2. The number of para-hydroxylation sites is 2. The van der Waals surface area contributed by atoms with Gasteiger partial charge in [0.15, 0.2) is 5.82 Å². The van der Waals surface area contributed by atoms with Crippen LogP contribution in [0.3, 0.4) is 0 Å². The van der Waals surface area contributed by atoms with Crippen molar-refractivity contribution in [2.24, 2.45) is 0 Å². The van der Waals surface area contributed by atoms with Gasteiger partial charge in [-0.1, -0.05) is 12.1 Å². The van der Waals surface area contributed by atoms with Crippen molar-refractivity contribution in [3.63, 3.8) is 0 Å². The molecule has 1 fully saturated rings. The predicted octanol–water partition coefficient (Wildman–Crippen LogP) is 0.683. The summed E-state index contributed by atoms with van der Waals surface area (Å²) in [6, 6.07) is 6.84. The van der Waals surface area contributed by atoms with E-state index in [9.17, 15) is 19.0 Å². The second-order valence-corrected chi connectivity index (χ2v) is 7.67. The van der Waals surface area contributed by atoms with Crippen LogP contribution in [0.2, 0.25) is 0 Å². The van der Waals surface area contributed by atoms with Crippen LogP contribution in [0.15, 0.2) is 24.3 Å². The van der Waals surface area contributed by atoms with Crippen molar-refractivity contribution in [1.29, 1.82) is 0 Å². The molecule has 0 radical (unpaired) electrons. The molecule has 0 bridgehead atoms. The Morgan fingerprint density at radius 2 is 1.68 bits per heavy atom. The highest BCUT2D eigenvalue weighted by molar-refractivity contribution is 5.77. The van der Waals surface area contributed by atoms with Crippen LogP contribution in [0.5, 0.6) is 0 Å². The number of imidazole rings is 1. The van der Waals surface area contributed by atoms with Gasteiger partial charge in [0.05, 0.1) is 37.5 Å². The van der Waals surface area contributed by atoms with Crippen molar-refractivity contribution < 1.29 is 23.7 Å². The van der Waals surface area contributed by atoms with Crippen molar-refractivity contribution in [2.45, 2.75) is 6.43 Å². The summed E-state index contributed by atoms with van der Waals surface area (Å²) in [5.41, 5.74) is 0.893. The van der Waals surface area contributed by atoms with E-state index in [1.807, 2.05) is 9.80 Å². The Balaban J connectivity index is 1.69. The van der Waals surface area contributed by atoms with Gasteiger partial charge >= 0.3 is 0 Å². The molecule has 0 spiro atoms. The Labute approximate surface area is 195 Å². The van der Waals surface area contributed by atoms with Crippen LogP contribution in [0.4, 0.5) is 20.7 Å². The first-order chi connectivity index (χ1) is 16.6. The Hall–Kier alpha value is -3.00. The molecule has 4 rings (SSSR count). The molecule has 3 N–H and O–H groups in total. The van der Waals surface area contributed by atoms with Gasteiger partial charge in [0.25, 0.3) is 6.43 Å². The number of morpholine rings is 1. The fourth-order valence-corrected chi connectivity index (χ4v) is 3.78. The number of nitrogens with zero attached hydrogens (tertiary/aromatic N) is 7. The first-order valence-corrected chi connectivity index (χ1v) is 11.1. The minimum atomic E-state index is -2.82. The normalized spacial score (nSPS) is 14.5. The van der Waals surface area contributed by atoms with Gasteiger partial charge in [-0.3, -0.25) is 9.47 Å². The molecular weight excluding hydrogens is 450 g/mol. The van der Waals surface area contributed by atoms with E-state index in [2.05, 4.69) is 25.3 Å². The highest BCUT2D eigenvalue weighted by atomic mass is 19.3. The molecule has 1 aromatic carbocycles. The molecule has 34 heavy (non-hydrogen) atoms. The number of hydrogen-bond acceptors (Lipinski definition) is 10. The number of nitrogens with one attached hydrogen (secondary N) is 1. The summed E-state index contributed by atoms with van der Waals surface area (Å²) in [5, 5.41) is 21.5. The number of hydrogen-bond donors (Lipinski definition) is 3. The van der Waals surface area contributed by atoms with E-state index in [0.717, 1.165) is 0 Å². The van der Waals surface area contributed by atoms with E-state index >= 15 is 0 Å². The lowest BCUT2D eigenvalue weighted by atomic mass is 10.3. The highest BCUT2D eigenvalue weighted by Gasteiger charge is 2.24. The quantitative estimate of drug-likeness (QED) is 0.362. The summed E-state index contributed by atoms with van der Waals surface area (Å²) in [5.74, 6) is 0.197. The third kappa shape index (κ3) is 5.55. The summed E-state index contributed by atoms with van der Waals surface area (Å²) < 4.78 is 34.5. The molecule has 0 saturated carbocycles. The summed E-state index contributed by atoms with van der Waals surface area (Å²) in [4.78, 5) is 21.4. The van der Waals surface area contributed by atoms with Crippen LogP contribution in [-0.4, -0.2) is 105 Å². The van der Waals surface area contributed by atoms with Crippen molar-refractivity contribution in [2.75, 3.05) is 75.9 Å². The Bertz CT molecular complexity index is 1070. The average Bonchev–Trinajstić information content (AvgIpc) is 3.25. The van der Waals surface area contributed by atoms with Crippen LogP contribution in [0.1, 0.15) is 12.2 Å². The van der Waals surface area contributed by atoms with Crippen LogP contribution in [0, 0.1) is 0 Å². The van der Waals surface area contributed by atoms with E-state index < -0.39 is 12.2 Å². The molecule has 3 aromatic rings. The van der Waals surface area contributed by atoms with Crippen LogP contribution in [-0.2, 0) is 4.74 Å². The minimum Gasteiger partial charge on any atom is -0.395 e. The number of ether oxygens (including phenoxy) is 1. The van der Waals surface area contributed by atoms with Crippen molar-refractivity contribution >= 4 is 22.9 Å². The van der Waals surface area contributed by atoms with Gasteiger partial charge in [-0.15, -0.1) is 0 Å². The lowest BCUT2D eigenvalue weighted by Gasteiger charge is -2.27. The first kappa shape index (κ1) is 24.1. The van der Waals surface area contributed by atoms with E-state index in [-0.39, 0.29) is 25.1 Å². The third-order valence-corrected chi connectivity index (χ3v) is 5.43. The Kier molecular flexibility index (Phi) is 8.11. The van der Waals surface area contributed by atoms with Crippen molar-refractivity contribution in [1.82, 2.24) is 29.4 Å². The zero-order valence-electron chi connectivity index (χ0n) is 18.6. The second-order valence-electron chi connectivity index (χ2n) is 7.67. The summed E-state index contributed by atoms with van der Waals surface area (Å²) in [6.07, 6.45) is -2.82. The number of aliphatic hydroxyl groups excluding tert-OH is 2. The number of fused-ring (bicyclic) bond motifs is 1. The molecule has 0 atom stereocenters. The van der Waals surface area contributed by atoms with Gasteiger partial charge < -0.3 is 25.2 Å². The number of aliphatic hydroxyl groups is 2. The SMILES string of the molecule is OCCN(CCO)CCNc1nc(N2CCOCC2)nc(-n2c(C(F)F)nc3ccccc32)n1. The molecule has 1 aliphatic heterocycles. The summed E-state index contributed by atoms with van der Waals surface area (Å²) in [6.45, 7) is 3.87. The maximum Gasteiger partial charge on any atom is 0.296 e. The maximum atomic E-state index is 13.9. The standard InChI is InChI=1S/C21H28F2N8O3/c22-17(23)18-25-15-3-1-2-4-16(15)31(18)21-27-19(24-5-6-29(7-11-32)8-12-33)26-20(28-21)30-9-13-34-14-10-30/h1-4,17,32-33H,5-14H2,(H,24,26,27,28). The molecule has 0 amide bonds. The molecule has 3 heterocycles.